The summed E-state index contributed by atoms with van der Waals surface area (Å²) in [6.45, 7) is 1.41. The summed E-state index contributed by atoms with van der Waals surface area (Å²) in [5.74, 6) is -0.126. The quantitative estimate of drug-likeness (QED) is 0.347. The number of unbranched alkanes of at least 4 members (excludes halogenated alkanes) is 1. The normalized spacial score (nSPS) is 16.9. The van der Waals surface area contributed by atoms with E-state index in [4.69, 9.17) is 4.84 Å². The van der Waals surface area contributed by atoms with Crippen LogP contribution in [-0.4, -0.2) is 52.7 Å². The molecule has 1 fully saturated rings. The van der Waals surface area contributed by atoms with E-state index in [1.165, 1.54) is 4.81 Å². The van der Waals surface area contributed by atoms with Crippen LogP contribution in [0.3, 0.4) is 0 Å². The molecular formula is C20H26BN3O5. The number of carboxylic acids is 1. The lowest BCUT2D eigenvalue weighted by Gasteiger charge is -2.30. The van der Waals surface area contributed by atoms with Crippen LogP contribution >= 0.6 is 0 Å². The first kappa shape index (κ1) is 22.4. The number of rotatable bonds is 11. The first-order chi connectivity index (χ1) is 14.0. The number of carbonyl (C=O) groups excluding carboxylic acids is 2. The average Bonchev–Trinajstić information content (AvgIpc) is 3.18. The predicted molar refractivity (Wildman–Crippen MR) is 106 cm³/mol. The van der Waals surface area contributed by atoms with Gasteiger partial charge >= 0.3 is 12.8 Å². The molecule has 8 nitrogen and oxygen atoms in total. The van der Waals surface area contributed by atoms with Crippen LogP contribution in [0.25, 0.3) is 0 Å². The maximum atomic E-state index is 13.2. The van der Waals surface area contributed by atoms with Crippen LogP contribution in [-0.2, 0) is 25.8 Å². The van der Waals surface area contributed by atoms with Gasteiger partial charge in [0.1, 0.15) is 12.6 Å². The first-order valence-corrected chi connectivity index (χ1v) is 9.85. The molecule has 1 aromatic rings. The largest absolute Gasteiger partial charge is 0.480 e. The maximum absolute atomic E-state index is 13.2. The van der Waals surface area contributed by atoms with Crippen LogP contribution in [0, 0.1) is 17.1 Å². The molecule has 154 valence electrons. The lowest BCUT2D eigenvalue weighted by Crippen LogP contribution is -2.51. The fourth-order valence-electron chi connectivity index (χ4n) is 3.52. The minimum Gasteiger partial charge on any atom is -0.480 e. The SMILES string of the molecule is CCCCC(CN(C=O)OCc1ccccc1)C(=O)N1B(C#N)CCC1C(=O)O. The van der Waals surface area contributed by atoms with Crippen LogP contribution in [0.5, 0.6) is 0 Å². The van der Waals surface area contributed by atoms with E-state index in [1.807, 2.05) is 43.2 Å². The topological polar surface area (TPSA) is 111 Å². The molecule has 0 spiro atoms. The molecule has 1 aliphatic heterocycles. The van der Waals surface area contributed by atoms with Gasteiger partial charge in [-0.3, -0.25) is 19.2 Å². The maximum Gasteiger partial charge on any atom is 0.380 e. The zero-order chi connectivity index (χ0) is 21.2. The number of nitrogens with zero attached hydrogens (tertiary/aromatic N) is 3. The van der Waals surface area contributed by atoms with Crippen molar-refractivity contribution in [3.63, 3.8) is 0 Å². The van der Waals surface area contributed by atoms with Crippen molar-refractivity contribution in [3.05, 3.63) is 35.9 Å². The van der Waals surface area contributed by atoms with E-state index in [9.17, 15) is 24.8 Å². The van der Waals surface area contributed by atoms with Gasteiger partial charge in [-0.25, -0.2) is 10.3 Å². The van der Waals surface area contributed by atoms with Crippen molar-refractivity contribution >= 4 is 25.1 Å². The van der Waals surface area contributed by atoms with Crippen molar-refractivity contribution in [1.82, 2.24) is 9.87 Å². The van der Waals surface area contributed by atoms with Crippen molar-refractivity contribution in [2.75, 3.05) is 6.54 Å². The molecule has 0 bridgehead atoms. The fraction of sp³-hybridized carbons (Fsp3) is 0.500. The number of hydrogen-bond donors (Lipinski definition) is 1. The van der Waals surface area contributed by atoms with Crippen molar-refractivity contribution in [1.29, 1.82) is 5.26 Å². The Morgan fingerprint density at radius 1 is 1.45 bits per heavy atom. The summed E-state index contributed by atoms with van der Waals surface area (Å²) < 4.78 is 0. The molecule has 2 atom stereocenters. The third-order valence-corrected chi connectivity index (χ3v) is 5.09. The highest BCUT2D eigenvalue weighted by molar-refractivity contribution is 6.67. The summed E-state index contributed by atoms with van der Waals surface area (Å²) in [4.78, 5) is 43.0. The summed E-state index contributed by atoms with van der Waals surface area (Å²) in [5, 5.41) is 19.9. The summed E-state index contributed by atoms with van der Waals surface area (Å²) >= 11 is 0. The highest BCUT2D eigenvalue weighted by atomic mass is 16.7. The number of benzene rings is 1. The van der Waals surface area contributed by atoms with E-state index < -0.39 is 30.7 Å². The summed E-state index contributed by atoms with van der Waals surface area (Å²) in [5.41, 5.74) is 0.880. The lowest BCUT2D eigenvalue weighted by molar-refractivity contribution is -0.183. The number of aliphatic carboxylic acids is 1. The first-order valence-electron chi connectivity index (χ1n) is 9.85. The van der Waals surface area contributed by atoms with Gasteiger partial charge in [-0.05, 0) is 24.7 Å². The van der Waals surface area contributed by atoms with E-state index in [0.29, 0.717) is 19.2 Å². The molecule has 1 aliphatic rings. The number of hydroxylamine groups is 2. The molecule has 1 aromatic carbocycles. The van der Waals surface area contributed by atoms with Gasteiger partial charge in [0.15, 0.2) is 0 Å². The molecule has 0 aromatic heterocycles. The minimum absolute atomic E-state index is 0.0101. The van der Waals surface area contributed by atoms with Crippen LogP contribution in [0.2, 0.25) is 6.32 Å². The third-order valence-electron chi connectivity index (χ3n) is 5.09. The predicted octanol–water partition coefficient (Wildman–Crippen LogP) is 2.12. The Labute approximate surface area is 171 Å². The van der Waals surface area contributed by atoms with Crippen LogP contribution in [0.15, 0.2) is 30.3 Å². The number of hydrogen-bond acceptors (Lipinski definition) is 5. The van der Waals surface area contributed by atoms with E-state index in [1.54, 1.807) is 0 Å². The Morgan fingerprint density at radius 3 is 2.76 bits per heavy atom. The van der Waals surface area contributed by atoms with Gasteiger partial charge in [0.2, 0.25) is 12.3 Å². The van der Waals surface area contributed by atoms with E-state index in [2.05, 4.69) is 0 Å². The third kappa shape index (κ3) is 6.06. The minimum atomic E-state index is -1.11. The molecule has 2 rings (SSSR count). The molecule has 1 N–H and O–H groups in total. The molecule has 1 saturated heterocycles. The number of nitriles is 1. The second-order valence-corrected chi connectivity index (χ2v) is 7.13. The van der Waals surface area contributed by atoms with Gasteiger partial charge in [0, 0.05) is 5.97 Å². The number of amides is 2. The van der Waals surface area contributed by atoms with Gasteiger partial charge < -0.3 is 9.92 Å². The lowest BCUT2D eigenvalue weighted by atomic mass is 9.61. The molecule has 0 aliphatic carbocycles. The molecule has 0 radical (unpaired) electrons. The number of carboxylic acid groups (broad SMARTS) is 1. The van der Waals surface area contributed by atoms with Gasteiger partial charge in [0.25, 0.3) is 0 Å². The zero-order valence-corrected chi connectivity index (χ0v) is 16.6. The molecule has 1 heterocycles. The Balaban J connectivity index is 2.11. The van der Waals surface area contributed by atoms with E-state index >= 15 is 0 Å². The Kier molecular flexibility index (Phi) is 8.68. The molecule has 2 unspecified atom stereocenters. The zero-order valence-electron chi connectivity index (χ0n) is 16.6. The van der Waals surface area contributed by atoms with Crippen LogP contribution in [0.4, 0.5) is 0 Å². The van der Waals surface area contributed by atoms with Crippen molar-refractivity contribution in [2.24, 2.45) is 5.92 Å². The summed E-state index contributed by atoms with van der Waals surface area (Å²) in [6, 6.07) is 8.31. The Bertz CT molecular complexity index is 739. The Hall–Kier alpha value is -2.86. The smallest absolute Gasteiger partial charge is 0.380 e. The molecule has 29 heavy (non-hydrogen) atoms. The average molecular weight is 399 g/mol. The fourth-order valence-corrected chi connectivity index (χ4v) is 3.52. The standard InChI is InChI=1S/C20H26BN3O5/c1-2-3-9-17(12-23(15-25)29-13-16-7-5-4-6-8-16)19(26)24-18(20(27)28)10-11-21(24)14-22/h4-8,15,17-18H,2-3,9-13H2,1H3,(H,27,28). The van der Waals surface area contributed by atoms with Crippen molar-refractivity contribution < 1.29 is 24.3 Å². The van der Waals surface area contributed by atoms with Gasteiger partial charge in [-0.2, -0.15) is 0 Å². The second-order valence-electron chi connectivity index (χ2n) is 7.13. The number of carbonyl (C=O) groups is 3. The van der Waals surface area contributed by atoms with Gasteiger partial charge in [0.05, 0.1) is 12.5 Å². The Morgan fingerprint density at radius 2 is 2.17 bits per heavy atom. The summed E-state index contributed by atoms with van der Waals surface area (Å²) in [6.07, 6.45) is 3.18. The van der Waals surface area contributed by atoms with Gasteiger partial charge in [-0.15, -0.1) is 0 Å². The van der Waals surface area contributed by atoms with E-state index in [-0.39, 0.29) is 19.6 Å². The van der Waals surface area contributed by atoms with Crippen LogP contribution in [0.1, 0.15) is 38.2 Å². The monoisotopic (exact) mass is 399 g/mol. The highest BCUT2D eigenvalue weighted by Gasteiger charge is 2.46. The highest BCUT2D eigenvalue weighted by Crippen LogP contribution is 2.26. The van der Waals surface area contributed by atoms with Crippen molar-refractivity contribution in [2.45, 2.75) is 51.6 Å². The second kappa shape index (κ2) is 11.2. The molecule has 0 saturated carbocycles. The molecule has 2 amide bonds. The summed E-state index contributed by atoms with van der Waals surface area (Å²) in [7, 11) is 0. The van der Waals surface area contributed by atoms with E-state index in [0.717, 1.165) is 23.5 Å². The molecule has 9 heteroatoms. The van der Waals surface area contributed by atoms with Crippen molar-refractivity contribution in [3.8, 4) is 5.97 Å². The van der Waals surface area contributed by atoms with Crippen LogP contribution < -0.4 is 0 Å². The molecular weight excluding hydrogens is 373 g/mol. The van der Waals surface area contributed by atoms with Gasteiger partial charge in [-0.1, -0.05) is 50.1 Å².